The molecule has 2 aliphatic rings. The van der Waals surface area contributed by atoms with Crippen molar-refractivity contribution < 1.29 is 13.9 Å². The molecule has 1 aromatic heterocycles. The van der Waals surface area contributed by atoms with Crippen LogP contribution in [0.15, 0.2) is 30.5 Å². The normalized spacial score (nSPS) is 20.0. The maximum Gasteiger partial charge on any atom is 0.274 e. The summed E-state index contributed by atoms with van der Waals surface area (Å²) >= 11 is 0. The maximum absolute atomic E-state index is 13.4. The predicted octanol–water partition coefficient (Wildman–Crippen LogP) is 3.14. The zero-order valence-electron chi connectivity index (χ0n) is 18.9. The Labute approximate surface area is 189 Å². The Hall–Kier alpha value is -2.58. The molecule has 0 radical (unpaired) electrons. The number of nitrogens with one attached hydrogen (secondary N) is 1. The van der Waals surface area contributed by atoms with Crippen LogP contribution in [-0.4, -0.2) is 78.2 Å². The highest BCUT2D eigenvalue weighted by molar-refractivity contribution is 5.92. The molecule has 1 N–H and O–H groups in total. The van der Waals surface area contributed by atoms with Gasteiger partial charge in [0.2, 0.25) is 0 Å². The fraction of sp³-hybridized carbons (Fsp3) is 0.542. The Morgan fingerprint density at radius 1 is 1.25 bits per heavy atom. The molecule has 1 amide bonds. The first-order chi connectivity index (χ1) is 15.5. The number of anilines is 1. The van der Waals surface area contributed by atoms with Gasteiger partial charge in [0.05, 0.1) is 18.0 Å². The fourth-order valence-corrected chi connectivity index (χ4v) is 4.46. The molecule has 4 rings (SSSR count). The summed E-state index contributed by atoms with van der Waals surface area (Å²) in [5.74, 6) is 0.124. The largest absolute Gasteiger partial charge is 0.380 e. The molecule has 1 unspecified atom stereocenters. The van der Waals surface area contributed by atoms with Crippen LogP contribution in [0.1, 0.15) is 53.8 Å². The van der Waals surface area contributed by atoms with Crippen LogP contribution in [0.3, 0.4) is 0 Å². The highest BCUT2D eigenvalue weighted by atomic mass is 19.1. The van der Waals surface area contributed by atoms with Crippen LogP contribution >= 0.6 is 0 Å². The fourth-order valence-electron chi connectivity index (χ4n) is 4.46. The molecule has 2 saturated heterocycles. The molecule has 0 spiro atoms. The van der Waals surface area contributed by atoms with Crippen LogP contribution < -0.4 is 5.32 Å². The molecule has 1 aromatic carbocycles. The Balaban J connectivity index is 1.55. The van der Waals surface area contributed by atoms with E-state index in [0.29, 0.717) is 30.3 Å². The zero-order chi connectivity index (χ0) is 22.5. The van der Waals surface area contributed by atoms with Gasteiger partial charge in [-0.3, -0.25) is 4.79 Å². The first-order valence-corrected chi connectivity index (χ1v) is 11.5. The molecule has 32 heavy (non-hydrogen) atoms. The summed E-state index contributed by atoms with van der Waals surface area (Å²) in [5, 5.41) is 3.42. The van der Waals surface area contributed by atoms with Crippen molar-refractivity contribution in [2.45, 2.75) is 38.2 Å². The van der Waals surface area contributed by atoms with Crippen LogP contribution in [0.5, 0.6) is 0 Å². The minimum Gasteiger partial charge on any atom is -0.380 e. The number of halogens is 1. The highest BCUT2D eigenvalue weighted by Crippen LogP contribution is 2.28. The van der Waals surface area contributed by atoms with Crippen molar-refractivity contribution in [1.29, 1.82) is 0 Å². The van der Waals surface area contributed by atoms with Gasteiger partial charge in [-0.05, 0) is 50.0 Å². The van der Waals surface area contributed by atoms with Gasteiger partial charge in [-0.25, -0.2) is 14.4 Å². The summed E-state index contributed by atoms with van der Waals surface area (Å²) < 4.78 is 18.8. The Morgan fingerprint density at radius 3 is 2.69 bits per heavy atom. The van der Waals surface area contributed by atoms with Gasteiger partial charge in [0, 0.05) is 39.2 Å². The van der Waals surface area contributed by atoms with Gasteiger partial charge in [-0.2, -0.15) is 0 Å². The van der Waals surface area contributed by atoms with Crippen molar-refractivity contribution in [3.05, 3.63) is 53.2 Å². The third-order valence-corrected chi connectivity index (χ3v) is 6.48. The molecular weight excluding hydrogens is 409 g/mol. The number of ether oxygens (including phenoxy) is 1. The molecule has 2 atom stereocenters. The van der Waals surface area contributed by atoms with E-state index in [1.54, 1.807) is 30.3 Å². The molecule has 2 fully saturated rings. The predicted molar refractivity (Wildman–Crippen MR) is 121 cm³/mol. The van der Waals surface area contributed by atoms with E-state index < -0.39 is 0 Å². The van der Waals surface area contributed by atoms with Gasteiger partial charge in [-0.1, -0.05) is 19.1 Å². The van der Waals surface area contributed by atoms with Crippen molar-refractivity contribution in [2.24, 2.45) is 0 Å². The molecular formula is C24H32FN5O2. The van der Waals surface area contributed by atoms with E-state index in [1.165, 1.54) is 25.0 Å². The molecule has 7 nitrogen and oxygen atoms in total. The van der Waals surface area contributed by atoms with E-state index >= 15 is 0 Å². The van der Waals surface area contributed by atoms with E-state index in [-0.39, 0.29) is 23.7 Å². The number of aromatic nitrogens is 2. The Kier molecular flexibility index (Phi) is 7.32. The maximum atomic E-state index is 13.4. The summed E-state index contributed by atoms with van der Waals surface area (Å²) in [7, 11) is 1.67. The van der Waals surface area contributed by atoms with E-state index in [1.807, 2.05) is 6.92 Å². The van der Waals surface area contributed by atoms with E-state index in [9.17, 15) is 9.18 Å². The van der Waals surface area contributed by atoms with Gasteiger partial charge in [0.25, 0.3) is 5.91 Å². The third kappa shape index (κ3) is 5.24. The van der Waals surface area contributed by atoms with Crippen LogP contribution in [0, 0.1) is 5.82 Å². The van der Waals surface area contributed by atoms with Crippen LogP contribution in [0.4, 0.5) is 10.2 Å². The number of benzene rings is 1. The number of likely N-dealkylation sites (tertiary alicyclic amines) is 2. The number of carbonyl (C=O) groups excluding carboxylic acids is 1. The second-order valence-electron chi connectivity index (χ2n) is 8.64. The van der Waals surface area contributed by atoms with E-state index in [2.05, 4.69) is 15.2 Å². The van der Waals surface area contributed by atoms with Crippen LogP contribution in [0.25, 0.3) is 0 Å². The molecule has 0 saturated carbocycles. The topological polar surface area (TPSA) is 70.6 Å². The lowest BCUT2D eigenvalue weighted by Crippen LogP contribution is -2.31. The van der Waals surface area contributed by atoms with Crippen molar-refractivity contribution in [1.82, 2.24) is 19.8 Å². The van der Waals surface area contributed by atoms with E-state index in [0.717, 1.165) is 38.2 Å². The third-order valence-electron chi connectivity index (χ3n) is 6.48. The number of nitrogens with zero attached hydrogens (tertiary/aromatic N) is 4. The van der Waals surface area contributed by atoms with Gasteiger partial charge < -0.3 is 19.9 Å². The van der Waals surface area contributed by atoms with Crippen molar-refractivity contribution in [3.8, 4) is 0 Å². The molecule has 2 aliphatic heterocycles. The average Bonchev–Trinajstić information content (AvgIpc) is 3.51. The summed E-state index contributed by atoms with van der Waals surface area (Å²) in [5.41, 5.74) is 1.95. The van der Waals surface area contributed by atoms with Gasteiger partial charge in [-0.15, -0.1) is 0 Å². The second-order valence-corrected chi connectivity index (χ2v) is 8.64. The first-order valence-electron chi connectivity index (χ1n) is 11.5. The minimum absolute atomic E-state index is 0.0658. The number of hydrogen-bond acceptors (Lipinski definition) is 6. The lowest BCUT2D eigenvalue weighted by atomic mass is 9.97. The molecule has 8 heteroatoms. The molecule has 3 heterocycles. The number of amides is 1. The molecule has 0 aliphatic carbocycles. The molecule has 2 aromatic rings. The Bertz CT molecular complexity index is 917. The average molecular weight is 442 g/mol. The number of carbonyl (C=O) groups is 1. The zero-order valence-corrected chi connectivity index (χ0v) is 18.9. The number of rotatable bonds is 8. The van der Waals surface area contributed by atoms with Gasteiger partial charge in [0.1, 0.15) is 17.3 Å². The minimum atomic E-state index is -0.276. The van der Waals surface area contributed by atoms with Crippen molar-refractivity contribution >= 4 is 11.7 Å². The van der Waals surface area contributed by atoms with Crippen LogP contribution in [-0.2, 0) is 4.74 Å². The second kappa shape index (κ2) is 10.4. The monoisotopic (exact) mass is 441 g/mol. The summed E-state index contributed by atoms with van der Waals surface area (Å²) in [6.07, 6.45) is 4.95. The quantitative estimate of drug-likeness (QED) is 0.679. The Morgan fingerprint density at radius 2 is 2.00 bits per heavy atom. The molecule has 0 bridgehead atoms. The summed E-state index contributed by atoms with van der Waals surface area (Å²) in [6.45, 7) is 7.20. The van der Waals surface area contributed by atoms with Gasteiger partial charge >= 0.3 is 0 Å². The van der Waals surface area contributed by atoms with Crippen LogP contribution in [0.2, 0.25) is 0 Å². The number of hydrogen-bond donors (Lipinski definition) is 1. The molecule has 172 valence electrons. The lowest BCUT2D eigenvalue weighted by Gasteiger charge is -2.20. The first kappa shape index (κ1) is 22.6. The highest BCUT2D eigenvalue weighted by Gasteiger charge is 2.29. The smallest absolute Gasteiger partial charge is 0.274 e. The van der Waals surface area contributed by atoms with Crippen molar-refractivity contribution in [2.75, 3.05) is 51.7 Å². The van der Waals surface area contributed by atoms with Gasteiger partial charge in [0.15, 0.2) is 0 Å². The van der Waals surface area contributed by atoms with E-state index in [4.69, 9.17) is 9.72 Å². The lowest BCUT2D eigenvalue weighted by molar-refractivity contribution is 0.0718. The summed E-state index contributed by atoms with van der Waals surface area (Å²) in [4.78, 5) is 26.6. The standard InChI is InChI=1S/C24H32FN5O2/c1-17(18-5-7-19(25)8-6-18)22-23(26-10-14-29-11-3-4-12-29)27-15-21(28-22)24(31)30-13-9-20(16-30)32-2/h5-8,15,17,20H,3-4,9-14,16H2,1-2H3,(H,26,27)/t17?,20-/m1/s1. The number of methoxy groups -OCH3 is 1. The van der Waals surface area contributed by atoms with Crippen molar-refractivity contribution in [3.63, 3.8) is 0 Å². The SMILES string of the molecule is CO[C@@H]1CCN(C(=O)c2cnc(NCCN3CCCC3)c(C(C)c3ccc(F)cc3)n2)C1. The summed E-state index contributed by atoms with van der Waals surface area (Å²) in [6, 6.07) is 6.41.